The predicted molar refractivity (Wildman–Crippen MR) is 68.7 cm³/mol. The number of carbonyl (C=O) groups is 1. The molecular weight excluding hydrogens is 220 g/mol. The number of amides is 1. The van der Waals surface area contributed by atoms with Crippen molar-refractivity contribution in [2.45, 2.75) is 17.9 Å². The molecule has 0 saturated heterocycles. The van der Waals surface area contributed by atoms with Crippen molar-refractivity contribution >= 4 is 17.7 Å². The van der Waals surface area contributed by atoms with E-state index in [-0.39, 0.29) is 5.91 Å². The molecule has 2 N–H and O–H groups in total. The number of benzene rings is 1. The van der Waals surface area contributed by atoms with Crippen LogP contribution in [-0.4, -0.2) is 31.3 Å². The maximum absolute atomic E-state index is 11.5. The minimum absolute atomic E-state index is 0.0796. The zero-order valence-electron chi connectivity index (χ0n) is 9.69. The third kappa shape index (κ3) is 5.19. The van der Waals surface area contributed by atoms with Crippen molar-refractivity contribution < 1.29 is 4.79 Å². The van der Waals surface area contributed by atoms with Gasteiger partial charge in [0.25, 0.3) is 0 Å². The first-order chi connectivity index (χ1) is 7.72. The zero-order valence-corrected chi connectivity index (χ0v) is 10.5. The van der Waals surface area contributed by atoms with Gasteiger partial charge >= 0.3 is 0 Å². The lowest BCUT2D eigenvalue weighted by Crippen LogP contribution is -2.37. The van der Waals surface area contributed by atoms with E-state index < -0.39 is 0 Å². The van der Waals surface area contributed by atoms with Gasteiger partial charge in [0.2, 0.25) is 5.91 Å². The van der Waals surface area contributed by atoms with Crippen LogP contribution in [0.25, 0.3) is 0 Å². The van der Waals surface area contributed by atoms with Crippen LogP contribution in [0.5, 0.6) is 0 Å². The largest absolute Gasteiger partial charge is 0.354 e. The van der Waals surface area contributed by atoms with Crippen molar-refractivity contribution in [1.29, 1.82) is 0 Å². The van der Waals surface area contributed by atoms with Crippen molar-refractivity contribution in [3.05, 3.63) is 30.3 Å². The summed E-state index contributed by atoms with van der Waals surface area (Å²) in [6.07, 6.45) is 0. The molecule has 0 heterocycles. The van der Waals surface area contributed by atoms with Crippen molar-refractivity contribution in [3.8, 4) is 0 Å². The number of carbonyl (C=O) groups excluding carboxylic acids is 1. The summed E-state index contributed by atoms with van der Waals surface area (Å²) >= 11 is 1.56. The summed E-state index contributed by atoms with van der Waals surface area (Å²) in [5.41, 5.74) is 0. The Morgan fingerprint density at radius 1 is 1.38 bits per heavy atom. The normalized spacial score (nSPS) is 12.1. The molecule has 1 aromatic carbocycles. The first-order valence-corrected chi connectivity index (χ1v) is 6.32. The molecule has 0 aromatic heterocycles. The molecule has 1 rings (SSSR count). The molecule has 0 bridgehead atoms. The molecule has 1 aromatic rings. The number of nitrogens with one attached hydrogen (secondary N) is 2. The van der Waals surface area contributed by atoms with Crippen molar-refractivity contribution in [1.82, 2.24) is 10.6 Å². The number of thioether (sulfide) groups is 1. The SMILES string of the molecule is CNC(C)CNC(=O)CSc1ccccc1. The van der Waals surface area contributed by atoms with E-state index in [9.17, 15) is 4.79 Å². The average Bonchev–Trinajstić information content (AvgIpc) is 2.34. The summed E-state index contributed by atoms with van der Waals surface area (Å²) in [6.45, 7) is 2.70. The second kappa shape index (κ2) is 7.30. The van der Waals surface area contributed by atoms with E-state index in [1.807, 2.05) is 44.3 Å². The highest BCUT2D eigenvalue weighted by Gasteiger charge is 2.04. The van der Waals surface area contributed by atoms with Gasteiger partial charge in [0.15, 0.2) is 0 Å². The monoisotopic (exact) mass is 238 g/mol. The molecule has 1 unspecified atom stereocenters. The Bertz CT molecular complexity index is 316. The maximum atomic E-state index is 11.5. The Morgan fingerprint density at radius 3 is 2.69 bits per heavy atom. The smallest absolute Gasteiger partial charge is 0.230 e. The van der Waals surface area contributed by atoms with Crippen molar-refractivity contribution in [2.75, 3.05) is 19.3 Å². The third-order valence-electron chi connectivity index (χ3n) is 2.21. The standard InChI is InChI=1S/C12H18N2OS/c1-10(13-2)8-14-12(15)9-16-11-6-4-3-5-7-11/h3-7,10,13H,8-9H2,1-2H3,(H,14,15). The van der Waals surface area contributed by atoms with Crippen LogP contribution in [0.4, 0.5) is 0 Å². The van der Waals surface area contributed by atoms with E-state index >= 15 is 0 Å². The van der Waals surface area contributed by atoms with Gasteiger partial charge < -0.3 is 10.6 Å². The second-order valence-electron chi connectivity index (χ2n) is 3.60. The lowest BCUT2D eigenvalue weighted by atomic mass is 10.3. The fraction of sp³-hybridized carbons (Fsp3) is 0.417. The molecule has 88 valence electrons. The minimum Gasteiger partial charge on any atom is -0.354 e. The van der Waals surface area contributed by atoms with Crippen LogP contribution in [0.15, 0.2) is 35.2 Å². The molecule has 16 heavy (non-hydrogen) atoms. The number of hydrogen-bond donors (Lipinski definition) is 2. The predicted octanol–water partition coefficient (Wildman–Crippen LogP) is 1.50. The van der Waals surface area contributed by atoms with Crippen molar-refractivity contribution in [2.24, 2.45) is 0 Å². The van der Waals surface area contributed by atoms with Crippen LogP contribution in [0.3, 0.4) is 0 Å². The van der Waals surface area contributed by atoms with Gasteiger partial charge in [0, 0.05) is 17.5 Å². The van der Waals surface area contributed by atoms with E-state index in [1.165, 1.54) is 0 Å². The van der Waals surface area contributed by atoms with E-state index in [2.05, 4.69) is 10.6 Å². The van der Waals surface area contributed by atoms with Gasteiger partial charge in [0.05, 0.1) is 5.75 Å². The van der Waals surface area contributed by atoms with E-state index in [0.29, 0.717) is 18.3 Å². The molecule has 0 spiro atoms. The lowest BCUT2D eigenvalue weighted by Gasteiger charge is -2.11. The molecule has 4 heteroatoms. The fourth-order valence-electron chi connectivity index (χ4n) is 1.09. The van der Waals surface area contributed by atoms with Crippen LogP contribution in [0.2, 0.25) is 0 Å². The third-order valence-corrected chi connectivity index (χ3v) is 3.22. The first-order valence-electron chi connectivity index (χ1n) is 5.34. The summed E-state index contributed by atoms with van der Waals surface area (Å²) in [5.74, 6) is 0.552. The molecule has 3 nitrogen and oxygen atoms in total. The summed E-state index contributed by atoms with van der Waals surface area (Å²) in [7, 11) is 1.88. The zero-order chi connectivity index (χ0) is 11.8. The molecule has 0 aliphatic carbocycles. The van der Waals surface area contributed by atoms with Crippen LogP contribution in [0, 0.1) is 0 Å². The summed E-state index contributed by atoms with van der Waals surface area (Å²) in [6, 6.07) is 10.2. The highest BCUT2D eigenvalue weighted by molar-refractivity contribution is 8.00. The first kappa shape index (κ1) is 13.1. The molecule has 0 saturated carbocycles. The van der Waals surface area contributed by atoms with E-state index in [4.69, 9.17) is 0 Å². The Labute approximate surface area is 101 Å². The second-order valence-corrected chi connectivity index (χ2v) is 4.64. The highest BCUT2D eigenvalue weighted by Crippen LogP contribution is 2.15. The highest BCUT2D eigenvalue weighted by atomic mass is 32.2. The fourth-order valence-corrected chi connectivity index (χ4v) is 1.84. The Hall–Kier alpha value is -1.00. The van der Waals surface area contributed by atoms with Gasteiger partial charge in [0.1, 0.15) is 0 Å². The van der Waals surface area contributed by atoms with Gasteiger partial charge in [-0.1, -0.05) is 18.2 Å². The molecule has 0 radical (unpaired) electrons. The quantitative estimate of drug-likeness (QED) is 0.738. The molecular formula is C12H18N2OS. The van der Waals surface area contributed by atoms with E-state index in [0.717, 1.165) is 4.90 Å². The van der Waals surface area contributed by atoms with Crippen LogP contribution >= 0.6 is 11.8 Å². The van der Waals surface area contributed by atoms with Gasteiger partial charge in [-0.15, -0.1) is 11.8 Å². The number of rotatable bonds is 6. The molecule has 0 aliphatic heterocycles. The average molecular weight is 238 g/mol. The van der Waals surface area contributed by atoms with Gasteiger partial charge in [-0.3, -0.25) is 4.79 Å². The molecule has 1 amide bonds. The Morgan fingerprint density at radius 2 is 2.06 bits per heavy atom. The molecule has 1 atom stereocenters. The Balaban J connectivity index is 2.20. The number of likely N-dealkylation sites (N-methyl/N-ethyl adjacent to an activating group) is 1. The van der Waals surface area contributed by atoms with Crippen LogP contribution in [-0.2, 0) is 4.79 Å². The lowest BCUT2D eigenvalue weighted by molar-refractivity contribution is -0.118. The van der Waals surface area contributed by atoms with Crippen LogP contribution < -0.4 is 10.6 Å². The maximum Gasteiger partial charge on any atom is 0.230 e. The summed E-state index contributed by atoms with van der Waals surface area (Å²) in [4.78, 5) is 12.6. The van der Waals surface area contributed by atoms with Crippen LogP contribution in [0.1, 0.15) is 6.92 Å². The Kier molecular flexibility index (Phi) is 5.96. The summed E-state index contributed by atoms with van der Waals surface area (Å²) < 4.78 is 0. The van der Waals surface area contributed by atoms with Gasteiger partial charge in [-0.25, -0.2) is 0 Å². The van der Waals surface area contributed by atoms with E-state index in [1.54, 1.807) is 11.8 Å². The summed E-state index contributed by atoms with van der Waals surface area (Å²) in [5, 5.41) is 5.95. The van der Waals surface area contributed by atoms with Gasteiger partial charge in [-0.2, -0.15) is 0 Å². The van der Waals surface area contributed by atoms with Gasteiger partial charge in [-0.05, 0) is 26.1 Å². The van der Waals surface area contributed by atoms with Crippen molar-refractivity contribution in [3.63, 3.8) is 0 Å². The molecule has 0 fully saturated rings. The number of hydrogen-bond acceptors (Lipinski definition) is 3. The minimum atomic E-state index is 0.0796. The topological polar surface area (TPSA) is 41.1 Å². The molecule has 0 aliphatic rings.